The van der Waals surface area contributed by atoms with Crippen LogP contribution in [0.3, 0.4) is 0 Å². The highest BCUT2D eigenvalue weighted by atomic mass is 32.1. The van der Waals surface area contributed by atoms with Gasteiger partial charge in [0.15, 0.2) is 5.82 Å². The number of aromatic nitrogens is 2. The number of thiophene rings is 1. The molecule has 1 saturated heterocycles. The van der Waals surface area contributed by atoms with Gasteiger partial charge in [-0.05, 0) is 60.3 Å². The molecule has 0 atom stereocenters. The predicted octanol–water partition coefficient (Wildman–Crippen LogP) is 5.22. The van der Waals surface area contributed by atoms with Gasteiger partial charge in [0.25, 0.3) is 5.91 Å². The van der Waals surface area contributed by atoms with Crippen LogP contribution in [0.5, 0.6) is 0 Å². The number of carbonyl (C=O) groups excluding carboxylic acids is 1. The molecule has 1 amide bonds. The Labute approximate surface area is 197 Å². The highest BCUT2D eigenvalue weighted by Crippen LogP contribution is 2.24. The maximum Gasteiger partial charge on any atom is 0.264 e. The molecule has 1 aliphatic heterocycles. The highest BCUT2D eigenvalue weighted by Gasteiger charge is 2.22. The fourth-order valence-electron chi connectivity index (χ4n) is 4.03. The summed E-state index contributed by atoms with van der Waals surface area (Å²) in [5.41, 5.74) is 5.26. The molecule has 4 aromatic rings. The van der Waals surface area contributed by atoms with Crippen molar-refractivity contribution in [1.82, 2.24) is 15.1 Å². The average Bonchev–Trinajstić information content (AvgIpc) is 3.40. The standard InChI is InChI=1S/C26H25N5OS/c1-19-5-2-3-6-22(19)23-12-13-25(29-28-23)27-20-8-10-21(11-9-20)30-14-16-31(17-15-30)26(32)24-7-4-18-33-24/h2-13,18H,14-17H2,1H3,(H,27,29). The molecular weight excluding hydrogens is 430 g/mol. The molecule has 0 saturated carbocycles. The van der Waals surface area contributed by atoms with Crippen LogP contribution < -0.4 is 10.2 Å². The van der Waals surface area contributed by atoms with Gasteiger partial charge in [-0.3, -0.25) is 4.79 Å². The molecule has 166 valence electrons. The molecule has 2 aromatic heterocycles. The first-order valence-corrected chi connectivity index (χ1v) is 11.9. The molecule has 1 aliphatic rings. The summed E-state index contributed by atoms with van der Waals surface area (Å²) in [6, 6.07) is 24.2. The third-order valence-corrected chi connectivity index (χ3v) is 6.75. The summed E-state index contributed by atoms with van der Waals surface area (Å²) >= 11 is 1.50. The number of hydrogen-bond acceptors (Lipinski definition) is 6. The minimum absolute atomic E-state index is 0.138. The van der Waals surface area contributed by atoms with Crippen LogP contribution in [0.25, 0.3) is 11.3 Å². The first kappa shape index (κ1) is 21.2. The fraction of sp³-hybridized carbons (Fsp3) is 0.192. The molecule has 6 nitrogen and oxygen atoms in total. The van der Waals surface area contributed by atoms with E-state index >= 15 is 0 Å². The van der Waals surface area contributed by atoms with Gasteiger partial charge in [-0.1, -0.05) is 30.3 Å². The molecular formula is C26H25N5OS. The largest absolute Gasteiger partial charge is 0.368 e. The van der Waals surface area contributed by atoms with Crippen molar-refractivity contribution in [2.24, 2.45) is 0 Å². The number of benzene rings is 2. The number of hydrogen-bond donors (Lipinski definition) is 1. The molecule has 0 radical (unpaired) electrons. The van der Waals surface area contributed by atoms with E-state index < -0.39 is 0 Å². The van der Waals surface area contributed by atoms with E-state index in [1.54, 1.807) is 0 Å². The second-order valence-corrected chi connectivity index (χ2v) is 8.99. The van der Waals surface area contributed by atoms with E-state index in [9.17, 15) is 4.79 Å². The molecule has 7 heteroatoms. The number of rotatable bonds is 5. The van der Waals surface area contributed by atoms with E-state index in [4.69, 9.17) is 0 Å². The number of anilines is 3. The van der Waals surface area contributed by atoms with Gasteiger partial charge in [0, 0.05) is 43.1 Å². The normalized spacial score (nSPS) is 13.7. The molecule has 0 spiro atoms. The lowest BCUT2D eigenvalue weighted by molar-refractivity contribution is 0.0751. The number of amides is 1. The number of aryl methyl sites for hydroxylation is 1. The first-order valence-electron chi connectivity index (χ1n) is 11.0. The van der Waals surface area contributed by atoms with Crippen LogP contribution in [0.15, 0.2) is 78.2 Å². The Balaban J connectivity index is 1.18. The zero-order valence-electron chi connectivity index (χ0n) is 18.4. The van der Waals surface area contributed by atoms with Gasteiger partial charge in [-0.2, -0.15) is 0 Å². The molecule has 5 rings (SSSR count). The van der Waals surface area contributed by atoms with Crippen molar-refractivity contribution < 1.29 is 4.79 Å². The Morgan fingerprint density at radius 3 is 2.33 bits per heavy atom. The number of nitrogens with zero attached hydrogens (tertiary/aromatic N) is 4. The van der Waals surface area contributed by atoms with Gasteiger partial charge in [0.1, 0.15) is 0 Å². The lowest BCUT2D eigenvalue weighted by Crippen LogP contribution is -2.48. The second kappa shape index (κ2) is 9.42. The Morgan fingerprint density at radius 2 is 1.67 bits per heavy atom. The number of carbonyl (C=O) groups is 1. The van der Waals surface area contributed by atoms with Crippen LogP contribution in [-0.4, -0.2) is 47.2 Å². The molecule has 1 fully saturated rings. The van der Waals surface area contributed by atoms with Crippen LogP contribution in [0.2, 0.25) is 0 Å². The lowest BCUT2D eigenvalue weighted by Gasteiger charge is -2.36. The van der Waals surface area contributed by atoms with E-state index in [2.05, 4.69) is 63.7 Å². The van der Waals surface area contributed by atoms with Crippen molar-refractivity contribution in [3.63, 3.8) is 0 Å². The summed E-state index contributed by atoms with van der Waals surface area (Å²) < 4.78 is 0. The maximum absolute atomic E-state index is 12.5. The van der Waals surface area contributed by atoms with Gasteiger partial charge in [-0.25, -0.2) is 0 Å². The van der Waals surface area contributed by atoms with E-state index in [1.165, 1.54) is 16.9 Å². The van der Waals surface area contributed by atoms with Gasteiger partial charge in [0.2, 0.25) is 0 Å². The van der Waals surface area contributed by atoms with Gasteiger partial charge in [-0.15, -0.1) is 21.5 Å². The van der Waals surface area contributed by atoms with Gasteiger partial charge >= 0.3 is 0 Å². The van der Waals surface area contributed by atoms with Crippen LogP contribution in [0, 0.1) is 6.92 Å². The Hall–Kier alpha value is -3.71. The quantitative estimate of drug-likeness (QED) is 0.447. The minimum atomic E-state index is 0.138. The van der Waals surface area contributed by atoms with Gasteiger partial charge in [0.05, 0.1) is 10.6 Å². The van der Waals surface area contributed by atoms with E-state index in [1.807, 2.05) is 46.7 Å². The zero-order chi connectivity index (χ0) is 22.6. The molecule has 2 aromatic carbocycles. The van der Waals surface area contributed by atoms with E-state index in [0.717, 1.165) is 53.7 Å². The smallest absolute Gasteiger partial charge is 0.264 e. The molecule has 1 N–H and O–H groups in total. The Kier molecular flexibility index (Phi) is 6.04. The summed E-state index contributed by atoms with van der Waals surface area (Å²) in [5, 5.41) is 14.0. The predicted molar refractivity (Wildman–Crippen MR) is 134 cm³/mol. The molecule has 33 heavy (non-hydrogen) atoms. The van der Waals surface area contributed by atoms with Crippen molar-refractivity contribution in [2.45, 2.75) is 6.92 Å². The maximum atomic E-state index is 12.5. The van der Waals surface area contributed by atoms with Crippen LogP contribution in [-0.2, 0) is 0 Å². The second-order valence-electron chi connectivity index (χ2n) is 8.05. The van der Waals surface area contributed by atoms with Crippen molar-refractivity contribution in [3.05, 3.63) is 88.6 Å². The lowest BCUT2D eigenvalue weighted by atomic mass is 10.1. The monoisotopic (exact) mass is 455 g/mol. The fourth-order valence-corrected chi connectivity index (χ4v) is 4.72. The Bertz CT molecular complexity index is 1210. The zero-order valence-corrected chi connectivity index (χ0v) is 19.3. The van der Waals surface area contributed by atoms with Crippen molar-refractivity contribution >= 4 is 34.4 Å². The number of nitrogens with one attached hydrogen (secondary N) is 1. The van der Waals surface area contributed by atoms with Crippen molar-refractivity contribution in [1.29, 1.82) is 0 Å². The highest BCUT2D eigenvalue weighted by molar-refractivity contribution is 7.12. The van der Waals surface area contributed by atoms with Crippen LogP contribution in [0.4, 0.5) is 17.2 Å². The van der Waals surface area contributed by atoms with E-state index in [0.29, 0.717) is 5.82 Å². The number of piperazine rings is 1. The third-order valence-electron chi connectivity index (χ3n) is 5.89. The summed E-state index contributed by atoms with van der Waals surface area (Å²) in [4.78, 5) is 17.6. The SMILES string of the molecule is Cc1ccccc1-c1ccc(Nc2ccc(N3CCN(C(=O)c4cccs4)CC3)cc2)nn1. The van der Waals surface area contributed by atoms with Crippen LogP contribution in [0.1, 0.15) is 15.2 Å². The van der Waals surface area contributed by atoms with Crippen LogP contribution >= 0.6 is 11.3 Å². The third kappa shape index (κ3) is 4.73. The average molecular weight is 456 g/mol. The minimum Gasteiger partial charge on any atom is -0.368 e. The summed E-state index contributed by atoms with van der Waals surface area (Å²) in [5.74, 6) is 0.847. The first-order chi connectivity index (χ1) is 16.2. The molecule has 0 unspecified atom stereocenters. The summed E-state index contributed by atoms with van der Waals surface area (Å²) in [6.07, 6.45) is 0. The Morgan fingerprint density at radius 1 is 0.879 bits per heavy atom. The molecule has 0 bridgehead atoms. The van der Waals surface area contributed by atoms with Gasteiger partial charge < -0.3 is 15.1 Å². The van der Waals surface area contributed by atoms with E-state index in [-0.39, 0.29) is 5.91 Å². The topological polar surface area (TPSA) is 61.4 Å². The summed E-state index contributed by atoms with van der Waals surface area (Å²) in [7, 11) is 0. The molecule has 0 aliphatic carbocycles. The molecule has 3 heterocycles. The van der Waals surface area contributed by atoms with Crippen molar-refractivity contribution in [2.75, 3.05) is 36.4 Å². The summed E-state index contributed by atoms with van der Waals surface area (Å²) in [6.45, 7) is 5.21. The van der Waals surface area contributed by atoms with Crippen molar-refractivity contribution in [3.8, 4) is 11.3 Å².